The lowest BCUT2D eigenvalue weighted by Gasteiger charge is -2.10. The van der Waals surface area contributed by atoms with Crippen molar-refractivity contribution in [3.63, 3.8) is 0 Å². The van der Waals surface area contributed by atoms with Crippen LogP contribution in [-0.4, -0.2) is 24.1 Å². The molecule has 0 aliphatic carbocycles. The van der Waals surface area contributed by atoms with E-state index in [1.165, 1.54) is 4.88 Å². The zero-order chi connectivity index (χ0) is 17.2. The topological polar surface area (TPSA) is 58.5 Å². The molecule has 5 nitrogen and oxygen atoms in total. The summed E-state index contributed by atoms with van der Waals surface area (Å²) < 4.78 is 5.53. The first-order valence-electron chi connectivity index (χ1n) is 8.42. The third-order valence-corrected chi connectivity index (χ3v) is 4.47. The van der Waals surface area contributed by atoms with Gasteiger partial charge < -0.3 is 15.4 Å². The van der Waals surface area contributed by atoms with Gasteiger partial charge in [0.15, 0.2) is 5.96 Å². The van der Waals surface area contributed by atoms with Gasteiger partial charge in [-0.25, -0.2) is 9.98 Å². The summed E-state index contributed by atoms with van der Waals surface area (Å²) in [5, 5.41) is 7.69. The van der Waals surface area contributed by atoms with Crippen molar-refractivity contribution < 1.29 is 4.74 Å². The fraction of sp³-hybridized carbons (Fsp3) is 0.444. The quantitative estimate of drug-likeness (QED) is 0.345. The molecule has 2 N–H and O–H groups in total. The highest BCUT2D eigenvalue weighted by molar-refractivity contribution is 14.0. The van der Waals surface area contributed by atoms with Gasteiger partial charge in [-0.3, -0.25) is 0 Å². The molecule has 0 amide bonds. The number of thiazole rings is 1. The molecule has 0 bridgehead atoms. The Bertz CT molecular complexity index is 660. The Kier molecular flexibility index (Phi) is 10.5. The third kappa shape index (κ3) is 7.60. The molecule has 1 heterocycles. The lowest BCUT2D eigenvalue weighted by atomic mass is 10.2. The van der Waals surface area contributed by atoms with E-state index in [0.29, 0.717) is 19.7 Å². The van der Waals surface area contributed by atoms with Crippen LogP contribution in [0.25, 0.3) is 0 Å². The normalized spacial score (nSPS) is 10.9. The highest BCUT2D eigenvalue weighted by Gasteiger charge is 2.03. The minimum atomic E-state index is 0. The molecule has 0 saturated heterocycles. The zero-order valence-electron chi connectivity index (χ0n) is 15.0. The number of hydrogen-bond acceptors (Lipinski definition) is 4. The first-order valence-corrected chi connectivity index (χ1v) is 9.24. The van der Waals surface area contributed by atoms with Crippen molar-refractivity contribution in [1.82, 2.24) is 15.6 Å². The van der Waals surface area contributed by atoms with Crippen molar-refractivity contribution in [1.29, 1.82) is 0 Å². The van der Waals surface area contributed by atoms with Crippen LogP contribution in [0, 0.1) is 0 Å². The van der Waals surface area contributed by atoms with E-state index in [0.717, 1.165) is 35.2 Å². The highest BCUT2D eigenvalue weighted by atomic mass is 127. The summed E-state index contributed by atoms with van der Waals surface area (Å²) in [7, 11) is 0. The van der Waals surface area contributed by atoms with Gasteiger partial charge in [-0.05, 0) is 38.0 Å². The lowest BCUT2D eigenvalue weighted by molar-refractivity contribution is 0.340. The Morgan fingerprint density at radius 3 is 2.76 bits per heavy atom. The predicted octanol–water partition coefficient (Wildman–Crippen LogP) is 3.98. The fourth-order valence-electron chi connectivity index (χ4n) is 2.16. The van der Waals surface area contributed by atoms with Gasteiger partial charge in [-0.2, -0.15) is 0 Å². The van der Waals surface area contributed by atoms with Crippen LogP contribution in [0.15, 0.2) is 35.5 Å². The van der Waals surface area contributed by atoms with Gasteiger partial charge >= 0.3 is 0 Å². The molecule has 2 aromatic rings. The maximum Gasteiger partial charge on any atom is 0.191 e. The van der Waals surface area contributed by atoms with E-state index >= 15 is 0 Å². The molecule has 1 aromatic carbocycles. The predicted molar refractivity (Wildman–Crippen MR) is 116 cm³/mol. The molecule has 25 heavy (non-hydrogen) atoms. The van der Waals surface area contributed by atoms with E-state index in [-0.39, 0.29) is 24.0 Å². The van der Waals surface area contributed by atoms with E-state index in [4.69, 9.17) is 4.74 Å². The summed E-state index contributed by atoms with van der Waals surface area (Å²) in [5.41, 5.74) is 1.13. The number of benzene rings is 1. The second-order valence-electron chi connectivity index (χ2n) is 5.20. The van der Waals surface area contributed by atoms with Crippen LogP contribution in [-0.2, 0) is 19.5 Å². The minimum absolute atomic E-state index is 0. The van der Waals surface area contributed by atoms with Crippen LogP contribution in [0.4, 0.5) is 0 Å². The Balaban J connectivity index is 0.00000312. The number of nitrogens with zero attached hydrogens (tertiary/aromatic N) is 2. The van der Waals surface area contributed by atoms with Crippen LogP contribution < -0.4 is 15.4 Å². The van der Waals surface area contributed by atoms with Gasteiger partial charge in [0, 0.05) is 17.6 Å². The summed E-state index contributed by atoms with van der Waals surface area (Å²) in [6.07, 6.45) is 2.98. The summed E-state index contributed by atoms with van der Waals surface area (Å²) in [6.45, 7) is 8.98. The van der Waals surface area contributed by atoms with Crippen molar-refractivity contribution in [3.8, 4) is 5.75 Å². The number of guanidine groups is 1. The van der Waals surface area contributed by atoms with Gasteiger partial charge in [-0.15, -0.1) is 35.3 Å². The number of halogens is 1. The Labute approximate surface area is 171 Å². The van der Waals surface area contributed by atoms with Gasteiger partial charge in [0.25, 0.3) is 0 Å². The lowest BCUT2D eigenvalue weighted by Crippen LogP contribution is -2.36. The summed E-state index contributed by atoms with van der Waals surface area (Å²) in [6, 6.07) is 8.06. The Morgan fingerprint density at radius 2 is 2.08 bits per heavy atom. The number of nitrogens with one attached hydrogen (secondary N) is 2. The summed E-state index contributed by atoms with van der Waals surface area (Å²) >= 11 is 1.74. The molecule has 0 saturated carbocycles. The zero-order valence-corrected chi connectivity index (χ0v) is 18.2. The number of rotatable bonds is 8. The Morgan fingerprint density at radius 1 is 1.24 bits per heavy atom. The molecule has 0 radical (unpaired) electrons. The van der Waals surface area contributed by atoms with E-state index in [9.17, 15) is 0 Å². The number of aromatic nitrogens is 1. The molecule has 0 aliphatic heterocycles. The second-order valence-corrected chi connectivity index (χ2v) is 6.40. The number of ether oxygens (including phenoxy) is 1. The third-order valence-electron chi connectivity index (χ3n) is 3.33. The highest BCUT2D eigenvalue weighted by Crippen LogP contribution is 2.14. The van der Waals surface area contributed by atoms with Gasteiger partial charge in [-0.1, -0.05) is 19.1 Å². The van der Waals surface area contributed by atoms with Crippen LogP contribution in [0.5, 0.6) is 5.75 Å². The largest absolute Gasteiger partial charge is 0.494 e. The van der Waals surface area contributed by atoms with Gasteiger partial charge in [0.1, 0.15) is 10.8 Å². The molecule has 0 spiro atoms. The van der Waals surface area contributed by atoms with Gasteiger partial charge in [0.2, 0.25) is 0 Å². The van der Waals surface area contributed by atoms with E-state index in [1.807, 2.05) is 31.3 Å². The van der Waals surface area contributed by atoms with Crippen molar-refractivity contribution in [2.24, 2.45) is 4.99 Å². The minimum Gasteiger partial charge on any atom is -0.494 e. The summed E-state index contributed by atoms with van der Waals surface area (Å²) in [4.78, 5) is 10.4. The van der Waals surface area contributed by atoms with Crippen molar-refractivity contribution in [2.45, 2.75) is 40.3 Å². The molecule has 0 unspecified atom stereocenters. The second kappa shape index (κ2) is 12.1. The standard InChI is InChI=1S/C18H26N4OS.HI/c1-4-16-12-20-17(24-16)13-22-18(19-5-2)21-11-14-8-7-9-15(10-14)23-6-3;/h7-10,12H,4-6,11,13H2,1-3H3,(H2,19,21,22);1H. The average molecular weight is 474 g/mol. The summed E-state index contributed by atoms with van der Waals surface area (Å²) in [5.74, 6) is 1.69. The van der Waals surface area contributed by atoms with E-state index in [2.05, 4.69) is 40.5 Å². The average Bonchev–Trinajstić information content (AvgIpc) is 3.06. The molecule has 0 fully saturated rings. The van der Waals surface area contributed by atoms with Crippen LogP contribution >= 0.6 is 35.3 Å². The SMILES string of the molecule is CCNC(=NCc1cccc(OCC)c1)NCc1ncc(CC)s1.I. The molecule has 0 aliphatic rings. The van der Waals surface area contributed by atoms with E-state index in [1.54, 1.807) is 11.3 Å². The first kappa shape index (κ1) is 21.7. The Hall–Kier alpha value is -1.35. The monoisotopic (exact) mass is 474 g/mol. The van der Waals surface area contributed by atoms with E-state index < -0.39 is 0 Å². The first-order chi connectivity index (χ1) is 11.7. The number of hydrogen-bond donors (Lipinski definition) is 2. The number of aryl methyl sites for hydroxylation is 1. The van der Waals surface area contributed by atoms with Crippen LogP contribution in [0.3, 0.4) is 0 Å². The van der Waals surface area contributed by atoms with Crippen LogP contribution in [0.1, 0.15) is 36.2 Å². The molecular weight excluding hydrogens is 447 g/mol. The van der Waals surface area contributed by atoms with Gasteiger partial charge in [0.05, 0.1) is 19.7 Å². The molecule has 138 valence electrons. The fourth-order valence-corrected chi connectivity index (χ4v) is 2.97. The maximum atomic E-state index is 5.53. The number of aliphatic imine (C=N–C) groups is 1. The molecule has 2 rings (SSSR count). The van der Waals surface area contributed by atoms with Crippen molar-refractivity contribution >= 4 is 41.3 Å². The van der Waals surface area contributed by atoms with Crippen molar-refractivity contribution in [3.05, 3.63) is 45.9 Å². The van der Waals surface area contributed by atoms with Crippen LogP contribution in [0.2, 0.25) is 0 Å². The van der Waals surface area contributed by atoms with Crippen molar-refractivity contribution in [2.75, 3.05) is 13.2 Å². The molecule has 1 aromatic heterocycles. The molecule has 0 atom stereocenters. The smallest absolute Gasteiger partial charge is 0.191 e. The molecular formula is C18H27IN4OS. The molecule has 7 heteroatoms. The maximum absolute atomic E-state index is 5.53.